The molecule has 3 atom stereocenters. The van der Waals surface area contributed by atoms with Gasteiger partial charge in [-0.05, 0) is 36.5 Å². The lowest BCUT2D eigenvalue weighted by atomic mass is 9.91. The van der Waals surface area contributed by atoms with Gasteiger partial charge in [0.05, 0.1) is 0 Å². The minimum atomic E-state index is -0.146. The van der Waals surface area contributed by atoms with Crippen LogP contribution in [-0.2, 0) is 0 Å². The van der Waals surface area contributed by atoms with Gasteiger partial charge in [0.1, 0.15) is 5.82 Å². The summed E-state index contributed by atoms with van der Waals surface area (Å²) in [4.78, 5) is 2.45. The number of nitrogens with zero attached hydrogens (tertiary/aromatic N) is 1. The van der Waals surface area contributed by atoms with Crippen LogP contribution in [0.25, 0.3) is 0 Å². The van der Waals surface area contributed by atoms with Crippen LogP contribution in [0.1, 0.15) is 38.3 Å². The molecule has 1 fully saturated rings. The molecule has 1 aliphatic rings. The second kappa shape index (κ2) is 5.81. The van der Waals surface area contributed by atoms with Gasteiger partial charge in [0, 0.05) is 25.2 Å². The van der Waals surface area contributed by atoms with E-state index in [0.29, 0.717) is 18.0 Å². The van der Waals surface area contributed by atoms with Crippen molar-refractivity contribution in [1.82, 2.24) is 4.90 Å². The lowest BCUT2D eigenvalue weighted by Gasteiger charge is -2.40. The van der Waals surface area contributed by atoms with Gasteiger partial charge in [-0.1, -0.05) is 26.0 Å². The summed E-state index contributed by atoms with van der Waals surface area (Å²) in [6.07, 6.45) is 2.04. The van der Waals surface area contributed by atoms with E-state index in [1.54, 1.807) is 12.1 Å². The van der Waals surface area contributed by atoms with Crippen molar-refractivity contribution < 1.29 is 4.39 Å². The molecule has 1 heterocycles. The maximum atomic E-state index is 13.3. The molecule has 0 aromatic heterocycles. The second-order valence-electron chi connectivity index (χ2n) is 5.40. The monoisotopic (exact) mass is 250 g/mol. The first-order valence-corrected chi connectivity index (χ1v) is 6.87. The first-order valence-electron chi connectivity index (χ1n) is 6.87. The fraction of sp³-hybridized carbons (Fsp3) is 0.600. The molecule has 3 heteroatoms. The van der Waals surface area contributed by atoms with Crippen molar-refractivity contribution >= 4 is 0 Å². The number of benzene rings is 1. The molecule has 0 saturated carbocycles. The average molecular weight is 250 g/mol. The van der Waals surface area contributed by atoms with Crippen LogP contribution in [0.2, 0.25) is 0 Å². The molecule has 2 N–H and O–H groups in total. The van der Waals surface area contributed by atoms with Gasteiger partial charge in [0.15, 0.2) is 0 Å². The third-order valence-electron chi connectivity index (χ3n) is 4.06. The highest BCUT2D eigenvalue weighted by Crippen LogP contribution is 2.29. The summed E-state index contributed by atoms with van der Waals surface area (Å²) in [6, 6.07) is 7.61. The Bertz CT molecular complexity index is 394. The number of rotatable bonds is 3. The van der Waals surface area contributed by atoms with Gasteiger partial charge in [-0.2, -0.15) is 0 Å². The SMILES string of the molecule is CCC(c1cccc(F)c1)N1CCC(N)C(C)C1. The summed E-state index contributed by atoms with van der Waals surface area (Å²) < 4.78 is 13.3. The Kier molecular flexibility index (Phi) is 4.36. The quantitative estimate of drug-likeness (QED) is 0.893. The molecule has 0 bridgehead atoms. The maximum Gasteiger partial charge on any atom is 0.123 e. The average Bonchev–Trinajstić information content (AvgIpc) is 2.35. The van der Waals surface area contributed by atoms with Crippen molar-refractivity contribution in [2.75, 3.05) is 13.1 Å². The largest absolute Gasteiger partial charge is 0.327 e. The molecular weight excluding hydrogens is 227 g/mol. The van der Waals surface area contributed by atoms with Crippen LogP contribution >= 0.6 is 0 Å². The number of hydrogen-bond acceptors (Lipinski definition) is 2. The van der Waals surface area contributed by atoms with Crippen LogP contribution in [0, 0.1) is 11.7 Å². The molecule has 1 aliphatic heterocycles. The van der Waals surface area contributed by atoms with Crippen LogP contribution in [0.3, 0.4) is 0 Å². The summed E-state index contributed by atoms with van der Waals surface area (Å²) in [7, 11) is 0. The molecule has 2 nitrogen and oxygen atoms in total. The van der Waals surface area contributed by atoms with Crippen molar-refractivity contribution in [3.05, 3.63) is 35.6 Å². The van der Waals surface area contributed by atoms with Crippen LogP contribution in [0.5, 0.6) is 0 Å². The van der Waals surface area contributed by atoms with Crippen molar-refractivity contribution in [3.63, 3.8) is 0 Å². The predicted octanol–water partition coefficient (Wildman–Crippen LogP) is 2.95. The highest BCUT2D eigenvalue weighted by molar-refractivity contribution is 5.20. The number of likely N-dealkylation sites (tertiary alicyclic amines) is 1. The zero-order valence-corrected chi connectivity index (χ0v) is 11.3. The van der Waals surface area contributed by atoms with Gasteiger partial charge in [-0.3, -0.25) is 4.90 Å². The van der Waals surface area contributed by atoms with Gasteiger partial charge in [-0.25, -0.2) is 4.39 Å². The fourth-order valence-corrected chi connectivity index (χ4v) is 2.90. The summed E-state index contributed by atoms with van der Waals surface area (Å²) in [5.74, 6) is 0.370. The Balaban J connectivity index is 2.14. The van der Waals surface area contributed by atoms with Crippen LogP contribution in [0.15, 0.2) is 24.3 Å². The summed E-state index contributed by atoms with van der Waals surface area (Å²) in [6.45, 7) is 6.39. The van der Waals surface area contributed by atoms with E-state index in [9.17, 15) is 4.39 Å². The Morgan fingerprint density at radius 2 is 2.28 bits per heavy atom. The van der Waals surface area contributed by atoms with Gasteiger partial charge >= 0.3 is 0 Å². The lowest BCUT2D eigenvalue weighted by Crippen LogP contribution is -2.47. The van der Waals surface area contributed by atoms with Crippen molar-refractivity contribution in [2.24, 2.45) is 11.7 Å². The van der Waals surface area contributed by atoms with Crippen molar-refractivity contribution in [3.8, 4) is 0 Å². The van der Waals surface area contributed by atoms with Gasteiger partial charge in [0.2, 0.25) is 0 Å². The number of piperidine rings is 1. The van der Waals surface area contributed by atoms with Gasteiger partial charge in [0.25, 0.3) is 0 Å². The lowest BCUT2D eigenvalue weighted by molar-refractivity contribution is 0.113. The van der Waals surface area contributed by atoms with Crippen molar-refractivity contribution in [1.29, 1.82) is 0 Å². The summed E-state index contributed by atoms with van der Waals surface area (Å²) >= 11 is 0. The molecule has 2 rings (SSSR count). The molecule has 100 valence electrons. The summed E-state index contributed by atoms with van der Waals surface area (Å²) in [5, 5.41) is 0. The third-order valence-corrected chi connectivity index (χ3v) is 4.06. The number of halogens is 1. The molecule has 0 spiro atoms. The molecule has 0 amide bonds. The standard InChI is InChI=1S/C15H23FN2/c1-3-15(12-5-4-6-13(16)9-12)18-8-7-14(17)11(2)10-18/h4-6,9,11,14-15H,3,7-8,10,17H2,1-2H3. The maximum absolute atomic E-state index is 13.3. The minimum absolute atomic E-state index is 0.146. The van der Waals surface area contributed by atoms with E-state index in [-0.39, 0.29) is 5.82 Å². The molecular formula is C15H23FN2. The number of nitrogens with two attached hydrogens (primary N) is 1. The van der Waals surface area contributed by atoms with Gasteiger partial charge in [-0.15, -0.1) is 0 Å². The first kappa shape index (κ1) is 13.5. The van der Waals surface area contributed by atoms with E-state index in [4.69, 9.17) is 5.73 Å². The van der Waals surface area contributed by atoms with Crippen LogP contribution in [-0.4, -0.2) is 24.0 Å². The Morgan fingerprint density at radius 3 is 2.89 bits per heavy atom. The highest BCUT2D eigenvalue weighted by atomic mass is 19.1. The predicted molar refractivity (Wildman–Crippen MR) is 72.8 cm³/mol. The van der Waals surface area contributed by atoms with E-state index >= 15 is 0 Å². The molecule has 18 heavy (non-hydrogen) atoms. The molecule has 1 aromatic rings. The zero-order valence-electron chi connectivity index (χ0n) is 11.3. The Hall–Kier alpha value is -0.930. The van der Waals surface area contributed by atoms with Crippen LogP contribution in [0.4, 0.5) is 4.39 Å². The smallest absolute Gasteiger partial charge is 0.123 e. The fourth-order valence-electron chi connectivity index (χ4n) is 2.90. The molecule has 1 aromatic carbocycles. The third kappa shape index (κ3) is 2.90. The van der Waals surface area contributed by atoms with Gasteiger partial charge < -0.3 is 5.73 Å². The Labute approximate surface area is 109 Å². The molecule has 3 unspecified atom stereocenters. The molecule has 0 radical (unpaired) electrons. The highest BCUT2D eigenvalue weighted by Gasteiger charge is 2.28. The van der Waals surface area contributed by atoms with E-state index in [1.165, 1.54) is 6.07 Å². The Morgan fingerprint density at radius 1 is 1.50 bits per heavy atom. The normalized spacial score (nSPS) is 27.1. The summed E-state index contributed by atoms with van der Waals surface area (Å²) in [5.41, 5.74) is 7.14. The van der Waals surface area contributed by atoms with E-state index in [2.05, 4.69) is 18.7 Å². The second-order valence-corrected chi connectivity index (χ2v) is 5.40. The topological polar surface area (TPSA) is 29.3 Å². The molecule has 1 saturated heterocycles. The van der Waals surface area contributed by atoms with Crippen LogP contribution < -0.4 is 5.73 Å². The van der Waals surface area contributed by atoms with E-state index in [1.807, 2.05) is 6.07 Å². The van der Waals surface area contributed by atoms with Crippen molar-refractivity contribution in [2.45, 2.75) is 38.8 Å². The first-order chi connectivity index (χ1) is 8.61. The molecule has 0 aliphatic carbocycles. The number of hydrogen-bond donors (Lipinski definition) is 1. The zero-order chi connectivity index (χ0) is 13.1. The van der Waals surface area contributed by atoms with E-state index < -0.39 is 0 Å². The van der Waals surface area contributed by atoms with E-state index in [0.717, 1.165) is 31.5 Å². The minimum Gasteiger partial charge on any atom is -0.327 e.